The van der Waals surface area contributed by atoms with Gasteiger partial charge in [-0.1, -0.05) is 17.7 Å². The summed E-state index contributed by atoms with van der Waals surface area (Å²) in [6.07, 6.45) is 0.101. The molecule has 2 aromatic rings. The number of anilines is 2. The van der Waals surface area contributed by atoms with Gasteiger partial charge in [-0.25, -0.2) is 0 Å². The molecular weight excluding hydrogens is 358 g/mol. The number of nitrogens with zero attached hydrogens (tertiary/aromatic N) is 2. The highest BCUT2D eigenvalue weighted by molar-refractivity contribution is 6.31. The van der Waals surface area contributed by atoms with Gasteiger partial charge in [0, 0.05) is 41.5 Å². The van der Waals surface area contributed by atoms with Crippen LogP contribution in [0.25, 0.3) is 0 Å². The van der Waals surface area contributed by atoms with Crippen LogP contribution < -0.4 is 10.2 Å². The number of non-ortho nitro benzene ring substituents is 1. The topological polar surface area (TPSA) is 92.6 Å². The fourth-order valence-corrected chi connectivity index (χ4v) is 2.97. The maximum absolute atomic E-state index is 12.4. The van der Waals surface area contributed by atoms with Gasteiger partial charge in [0.05, 0.1) is 10.8 Å². The molecule has 8 heteroatoms. The number of nitrogens with one attached hydrogen (secondary N) is 1. The van der Waals surface area contributed by atoms with Crippen molar-refractivity contribution in [2.45, 2.75) is 13.3 Å². The van der Waals surface area contributed by atoms with E-state index in [0.717, 1.165) is 5.56 Å². The molecule has 3 rings (SSSR count). The SMILES string of the molecule is Cc1ccc(N2CC(C(=O)Nc3ccc([N+](=O)[O-])cc3)CC2=O)cc1Cl. The standard InChI is InChI=1S/C18H16ClN3O4/c1-11-2-5-15(9-16(11)19)21-10-12(8-17(21)23)18(24)20-13-3-6-14(7-4-13)22(25)26/h2-7,9,12H,8,10H2,1H3,(H,20,24). The van der Waals surface area contributed by atoms with Gasteiger partial charge in [-0.2, -0.15) is 0 Å². The maximum atomic E-state index is 12.4. The van der Waals surface area contributed by atoms with E-state index in [1.807, 2.05) is 13.0 Å². The molecule has 0 radical (unpaired) electrons. The lowest BCUT2D eigenvalue weighted by Crippen LogP contribution is -2.28. The van der Waals surface area contributed by atoms with Crippen molar-refractivity contribution in [3.8, 4) is 0 Å². The Kier molecular flexibility index (Phi) is 4.90. The van der Waals surface area contributed by atoms with E-state index in [2.05, 4.69) is 5.32 Å². The lowest BCUT2D eigenvalue weighted by Gasteiger charge is -2.17. The number of aryl methyl sites for hydroxylation is 1. The number of carbonyl (C=O) groups excluding carboxylic acids is 2. The first-order valence-corrected chi connectivity index (χ1v) is 8.35. The van der Waals surface area contributed by atoms with E-state index in [4.69, 9.17) is 11.6 Å². The summed E-state index contributed by atoms with van der Waals surface area (Å²) in [6, 6.07) is 10.9. The minimum Gasteiger partial charge on any atom is -0.326 e. The van der Waals surface area contributed by atoms with Crippen molar-refractivity contribution in [2.75, 3.05) is 16.8 Å². The lowest BCUT2D eigenvalue weighted by atomic mass is 10.1. The molecule has 26 heavy (non-hydrogen) atoms. The Bertz CT molecular complexity index is 883. The zero-order chi connectivity index (χ0) is 18.8. The van der Waals surface area contributed by atoms with E-state index in [1.165, 1.54) is 24.3 Å². The average molecular weight is 374 g/mol. The summed E-state index contributed by atoms with van der Waals surface area (Å²) in [5.74, 6) is -0.945. The van der Waals surface area contributed by atoms with E-state index >= 15 is 0 Å². The van der Waals surface area contributed by atoms with Gasteiger partial charge in [0.2, 0.25) is 11.8 Å². The van der Waals surface area contributed by atoms with Crippen LogP contribution in [0, 0.1) is 23.0 Å². The van der Waals surface area contributed by atoms with E-state index in [-0.39, 0.29) is 30.5 Å². The Morgan fingerprint density at radius 3 is 2.58 bits per heavy atom. The van der Waals surface area contributed by atoms with Gasteiger partial charge < -0.3 is 10.2 Å². The number of nitro groups is 1. The predicted molar refractivity (Wildman–Crippen MR) is 98.4 cm³/mol. The highest BCUT2D eigenvalue weighted by atomic mass is 35.5. The highest BCUT2D eigenvalue weighted by Crippen LogP contribution is 2.29. The van der Waals surface area contributed by atoms with Crippen LogP contribution in [-0.2, 0) is 9.59 Å². The number of halogens is 1. The van der Waals surface area contributed by atoms with Crippen molar-refractivity contribution in [3.63, 3.8) is 0 Å². The van der Waals surface area contributed by atoms with Gasteiger partial charge in [-0.15, -0.1) is 0 Å². The van der Waals surface area contributed by atoms with Crippen LogP contribution in [-0.4, -0.2) is 23.3 Å². The van der Waals surface area contributed by atoms with E-state index in [1.54, 1.807) is 17.0 Å². The molecule has 2 aromatic carbocycles. The van der Waals surface area contributed by atoms with Crippen molar-refractivity contribution in [1.29, 1.82) is 0 Å². The molecule has 0 aromatic heterocycles. The summed E-state index contributed by atoms with van der Waals surface area (Å²) < 4.78 is 0. The number of hydrogen-bond acceptors (Lipinski definition) is 4. The van der Waals surface area contributed by atoms with Gasteiger partial charge in [-0.05, 0) is 36.8 Å². The van der Waals surface area contributed by atoms with Crippen LogP contribution in [0.5, 0.6) is 0 Å². The molecule has 1 unspecified atom stereocenters. The summed E-state index contributed by atoms with van der Waals surface area (Å²) >= 11 is 6.12. The van der Waals surface area contributed by atoms with Crippen LogP contribution in [0.3, 0.4) is 0 Å². The molecule has 134 valence electrons. The van der Waals surface area contributed by atoms with Gasteiger partial charge in [0.1, 0.15) is 0 Å². The van der Waals surface area contributed by atoms with Crippen molar-refractivity contribution in [2.24, 2.45) is 5.92 Å². The quantitative estimate of drug-likeness (QED) is 0.655. The third kappa shape index (κ3) is 3.67. The average Bonchev–Trinajstić information content (AvgIpc) is 3.00. The third-order valence-corrected chi connectivity index (χ3v) is 4.72. The van der Waals surface area contributed by atoms with Crippen LogP contribution >= 0.6 is 11.6 Å². The van der Waals surface area contributed by atoms with Gasteiger partial charge in [-0.3, -0.25) is 19.7 Å². The first kappa shape index (κ1) is 17.9. The highest BCUT2D eigenvalue weighted by Gasteiger charge is 2.35. The second-order valence-corrected chi connectivity index (χ2v) is 6.54. The maximum Gasteiger partial charge on any atom is 0.269 e. The molecule has 1 atom stereocenters. The van der Waals surface area contributed by atoms with Crippen molar-refractivity contribution >= 4 is 40.5 Å². The van der Waals surface area contributed by atoms with E-state index in [0.29, 0.717) is 16.4 Å². The van der Waals surface area contributed by atoms with Crippen molar-refractivity contribution in [3.05, 3.63) is 63.2 Å². The summed E-state index contributed by atoms with van der Waals surface area (Å²) in [7, 11) is 0. The number of rotatable bonds is 4. The zero-order valence-corrected chi connectivity index (χ0v) is 14.7. The predicted octanol–water partition coefficient (Wildman–Crippen LogP) is 3.55. The Labute approximate surface area is 154 Å². The first-order chi connectivity index (χ1) is 12.3. The summed E-state index contributed by atoms with van der Waals surface area (Å²) in [4.78, 5) is 36.4. The molecule has 1 fully saturated rings. The Morgan fingerprint density at radius 1 is 1.27 bits per heavy atom. The molecule has 2 amide bonds. The van der Waals surface area contributed by atoms with Crippen LogP contribution in [0.1, 0.15) is 12.0 Å². The summed E-state index contributed by atoms with van der Waals surface area (Å²) in [6.45, 7) is 2.13. The molecule has 1 heterocycles. The zero-order valence-electron chi connectivity index (χ0n) is 13.9. The monoisotopic (exact) mass is 373 g/mol. The largest absolute Gasteiger partial charge is 0.326 e. The number of benzene rings is 2. The molecular formula is C18H16ClN3O4. The normalized spacial score (nSPS) is 16.6. The molecule has 1 aliphatic heterocycles. The molecule has 0 saturated carbocycles. The van der Waals surface area contributed by atoms with Gasteiger partial charge in [0.15, 0.2) is 0 Å². The van der Waals surface area contributed by atoms with E-state index < -0.39 is 10.8 Å². The molecule has 1 N–H and O–H groups in total. The number of amides is 2. The van der Waals surface area contributed by atoms with E-state index in [9.17, 15) is 19.7 Å². The smallest absolute Gasteiger partial charge is 0.269 e. The second-order valence-electron chi connectivity index (χ2n) is 6.13. The number of hydrogen-bond donors (Lipinski definition) is 1. The van der Waals surface area contributed by atoms with Gasteiger partial charge in [0.25, 0.3) is 5.69 Å². The molecule has 7 nitrogen and oxygen atoms in total. The Morgan fingerprint density at radius 2 is 1.96 bits per heavy atom. The minimum absolute atomic E-state index is 0.0542. The Hall–Kier alpha value is -2.93. The Balaban J connectivity index is 1.68. The fraction of sp³-hybridized carbons (Fsp3) is 0.222. The third-order valence-electron chi connectivity index (χ3n) is 4.31. The molecule has 1 aliphatic rings. The molecule has 1 saturated heterocycles. The fourth-order valence-electron chi connectivity index (χ4n) is 2.79. The molecule has 0 aliphatic carbocycles. The molecule has 0 bridgehead atoms. The number of carbonyl (C=O) groups is 2. The molecule has 0 spiro atoms. The van der Waals surface area contributed by atoms with Crippen LogP contribution in [0.4, 0.5) is 17.1 Å². The number of nitro benzene ring substituents is 1. The summed E-state index contributed by atoms with van der Waals surface area (Å²) in [5.41, 5.74) is 1.97. The lowest BCUT2D eigenvalue weighted by molar-refractivity contribution is -0.384. The minimum atomic E-state index is -0.508. The summed E-state index contributed by atoms with van der Waals surface area (Å²) in [5, 5.41) is 13.9. The van der Waals surface area contributed by atoms with Crippen molar-refractivity contribution < 1.29 is 14.5 Å². The van der Waals surface area contributed by atoms with Gasteiger partial charge >= 0.3 is 0 Å². The van der Waals surface area contributed by atoms with Crippen LogP contribution in [0.2, 0.25) is 5.02 Å². The van der Waals surface area contributed by atoms with Crippen molar-refractivity contribution in [1.82, 2.24) is 0 Å². The van der Waals surface area contributed by atoms with Crippen LogP contribution in [0.15, 0.2) is 42.5 Å². The second kappa shape index (κ2) is 7.13. The first-order valence-electron chi connectivity index (χ1n) is 7.97.